The number of piperidine rings is 1. The lowest BCUT2D eigenvalue weighted by molar-refractivity contribution is 0.0796. The van der Waals surface area contributed by atoms with Gasteiger partial charge in [0, 0.05) is 19.2 Å². The highest BCUT2D eigenvalue weighted by Gasteiger charge is 2.43. The minimum atomic E-state index is -0.191. The van der Waals surface area contributed by atoms with E-state index in [-0.39, 0.29) is 6.09 Å². The average Bonchev–Trinajstić information content (AvgIpc) is 3.58. The molecular weight excluding hydrogens is 406 g/mol. The minimum Gasteiger partial charge on any atom is -0.478 e. The highest BCUT2D eigenvalue weighted by atomic mass is 16.6. The molecule has 3 heterocycles. The summed E-state index contributed by atoms with van der Waals surface area (Å²) in [5.41, 5.74) is 1.96. The van der Waals surface area contributed by atoms with Crippen LogP contribution in [0.15, 0.2) is 55.0 Å². The summed E-state index contributed by atoms with van der Waals surface area (Å²) in [5, 5.41) is 6.62. The normalized spacial score (nSPS) is 20.8. The highest BCUT2D eigenvalue weighted by molar-refractivity contribution is 5.67. The van der Waals surface area contributed by atoms with Crippen LogP contribution in [0.3, 0.4) is 0 Å². The Morgan fingerprint density at radius 2 is 1.94 bits per heavy atom. The average molecular weight is 436 g/mol. The molecule has 1 saturated heterocycles. The van der Waals surface area contributed by atoms with Gasteiger partial charge in [0.1, 0.15) is 12.9 Å². The molecule has 32 heavy (non-hydrogen) atoms. The van der Waals surface area contributed by atoms with Gasteiger partial charge < -0.3 is 14.4 Å². The van der Waals surface area contributed by atoms with Crippen molar-refractivity contribution in [2.45, 2.75) is 32.3 Å². The summed E-state index contributed by atoms with van der Waals surface area (Å²) in [7, 11) is 0. The maximum absolute atomic E-state index is 12.4. The molecule has 8 nitrogen and oxygen atoms in total. The number of carbonyl (C=O) groups excluding carboxylic acids is 1. The number of hydrogen-bond acceptors (Lipinski definition) is 5. The van der Waals surface area contributed by atoms with Crippen LogP contribution in [0.5, 0.6) is 5.88 Å². The molecule has 0 spiro atoms. The third-order valence-electron chi connectivity index (χ3n) is 6.66. The van der Waals surface area contributed by atoms with E-state index in [1.165, 1.54) is 6.42 Å². The van der Waals surface area contributed by atoms with Crippen molar-refractivity contribution in [3.05, 3.63) is 60.6 Å². The summed E-state index contributed by atoms with van der Waals surface area (Å²) in [6.07, 6.45) is 7.75. The Morgan fingerprint density at radius 1 is 1.12 bits per heavy atom. The third kappa shape index (κ3) is 4.95. The van der Waals surface area contributed by atoms with Gasteiger partial charge in [0.05, 0.1) is 18.5 Å². The van der Waals surface area contributed by atoms with Crippen LogP contribution < -0.4 is 4.74 Å². The summed E-state index contributed by atoms with van der Waals surface area (Å²) in [4.78, 5) is 18.6. The fourth-order valence-corrected chi connectivity index (χ4v) is 4.66. The molecule has 1 amide bonds. The fourth-order valence-electron chi connectivity index (χ4n) is 4.66. The van der Waals surface area contributed by atoms with Crippen molar-refractivity contribution in [3.63, 3.8) is 0 Å². The maximum atomic E-state index is 12.4. The number of amides is 1. The molecule has 0 radical (unpaired) electrons. The van der Waals surface area contributed by atoms with Gasteiger partial charge in [0.15, 0.2) is 0 Å². The highest BCUT2D eigenvalue weighted by Crippen LogP contribution is 2.49. The molecule has 0 bridgehead atoms. The number of aromatic nitrogens is 4. The lowest BCUT2D eigenvalue weighted by atomic mass is 9.91. The number of carbonyl (C=O) groups is 1. The van der Waals surface area contributed by atoms with Crippen LogP contribution in [0.4, 0.5) is 4.79 Å². The van der Waals surface area contributed by atoms with Gasteiger partial charge in [-0.25, -0.2) is 19.7 Å². The summed E-state index contributed by atoms with van der Waals surface area (Å²) in [6.45, 7) is 2.63. The number of H-pyrrole nitrogens is 1. The molecule has 2 aromatic heterocycles. The number of likely N-dealkylation sites (tertiary alicyclic amines) is 1. The van der Waals surface area contributed by atoms with Crippen molar-refractivity contribution < 1.29 is 14.3 Å². The maximum Gasteiger partial charge on any atom is 0.410 e. The van der Waals surface area contributed by atoms with Gasteiger partial charge >= 0.3 is 6.09 Å². The Labute approximate surface area is 187 Å². The summed E-state index contributed by atoms with van der Waals surface area (Å²) >= 11 is 0. The van der Waals surface area contributed by atoms with E-state index in [1.54, 1.807) is 17.2 Å². The van der Waals surface area contributed by atoms with Crippen LogP contribution in [0.2, 0.25) is 0 Å². The zero-order valence-corrected chi connectivity index (χ0v) is 18.1. The van der Waals surface area contributed by atoms with Gasteiger partial charge in [-0.2, -0.15) is 0 Å². The van der Waals surface area contributed by atoms with Crippen molar-refractivity contribution in [2.24, 2.45) is 17.8 Å². The van der Waals surface area contributed by atoms with Crippen molar-refractivity contribution in [1.82, 2.24) is 24.9 Å². The number of aromatic amines is 1. The van der Waals surface area contributed by atoms with Gasteiger partial charge in [-0.3, -0.25) is 0 Å². The number of benzene rings is 1. The number of hydrogen-bond donors (Lipinski definition) is 1. The van der Waals surface area contributed by atoms with Gasteiger partial charge in [-0.1, -0.05) is 30.3 Å². The number of pyridine rings is 1. The van der Waals surface area contributed by atoms with Gasteiger partial charge in [0.2, 0.25) is 5.88 Å². The Balaban J connectivity index is 0.982. The topological polar surface area (TPSA) is 85.3 Å². The molecule has 5 rings (SSSR count). The van der Waals surface area contributed by atoms with E-state index < -0.39 is 0 Å². The number of rotatable bonds is 8. The fraction of sp³-hybridized carbons (Fsp3) is 0.458. The Morgan fingerprint density at radius 3 is 2.62 bits per heavy atom. The molecule has 2 unspecified atom stereocenters. The van der Waals surface area contributed by atoms with Crippen molar-refractivity contribution >= 4 is 6.09 Å². The smallest absolute Gasteiger partial charge is 0.410 e. The van der Waals surface area contributed by atoms with Crippen LogP contribution in [0.1, 0.15) is 31.2 Å². The molecule has 1 saturated carbocycles. The van der Waals surface area contributed by atoms with Gasteiger partial charge in [-0.15, -0.1) is 5.10 Å². The molecule has 3 aromatic rings. The van der Waals surface area contributed by atoms with E-state index in [9.17, 15) is 4.79 Å². The van der Waals surface area contributed by atoms with E-state index >= 15 is 0 Å². The SMILES string of the molecule is O=C(OCc1ccccc1)N1CCC(C2CC2CCOc2ccc(-n3cn[nH]3)cn2)CC1. The zero-order chi connectivity index (χ0) is 21.8. The van der Waals surface area contributed by atoms with E-state index in [2.05, 4.69) is 15.3 Å². The Hall–Kier alpha value is -3.29. The molecule has 1 aromatic carbocycles. The standard InChI is InChI=1S/C24H29N5O3/c30-24(32-16-18-4-2-1-3-5-18)28-11-8-19(9-12-28)22-14-20(22)10-13-31-23-7-6-21(15-25-23)29-17-26-27-29/h1-7,15,17,19-20,22,27H,8-14,16H2. The van der Waals surface area contributed by atoms with Crippen molar-refractivity contribution in [1.29, 1.82) is 0 Å². The summed E-state index contributed by atoms with van der Waals surface area (Å²) in [6, 6.07) is 13.7. The monoisotopic (exact) mass is 435 g/mol. The molecule has 1 aliphatic heterocycles. The first kappa shape index (κ1) is 20.6. The van der Waals surface area contributed by atoms with Crippen molar-refractivity contribution in [2.75, 3.05) is 19.7 Å². The summed E-state index contributed by atoms with van der Waals surface area (Å²) < 4.78 is 13.1. The summed E-state index contributed by atoms with van der Waals surface area (Å²) in [5.74, 6) is 2.87. The molecular formula is C24H29N5O3. The van der Waals surface area contributed by atoms with Crippen LogP contribution in [0.25, 0.3) is 5.69 Å². The number of nitrogens with one attached hydrogen (secondary N) is 1. The third-order valence-corrected chi connectivity index (χ3v) is 6.66. The molecule has 2 atom stereocenters. The molecule has 2 aliphatic rings. The molecule has 1 aliphatic carbocycles. The van der Waals surface area contributed by atoms with Crippen molar-refractivity contribution in [3.8, 4) is 11.6 Å². The molecule has 8 heteroatoms. The van der Waals surface area contributed by atoms with E-state index in [1.807, 2.05) is 47.4 Å². The molecule has 1 N–H and O–H groups in total. The largest absolute Gasteiger partial charge is 0.478 e. The Bertz CT molecular complexity index is 983. The lowest BCUT2D eigenvalue weighted by Crippen LogP contribution is -2.39. The second kappa shape index (κ2) is 9.46. The van der Waals surface area contributed by atoms with E-state index in [0.717, 1.165) is 55.4 Å². The second-order valence-electron chi connectivity index (χ2n) is 8.73. The molecule has 2 fully saturated rings. The van der Waals surface area contributed by atoms with Crippen LogP contribution in [0, 0.1) is 17.8 Å². The first-order chi connectivity index (χ1) is 15.8. The van der Waals surface area contributed by atoms with Crippen LogP contribution >= 0.6 is 0 Å². The first-order valence-corrected chi connectivity index (χ1v) is 11.4. The first-order valence-electron chi connectivity index (χ1n) is 11.4. The quantitative estimate of drug-likeness (QED) is 0.577. The van der Waals surface area contributed by atoms with Crippen LogP contribution in [-0.2, 0) is 11.3 Å². The van der Waals surface area contributed by atoms with E-state index in [0.29, 0.717) is 25.0 Å². The predicted octanol–water partition coefficient (Wildman–Crippen LogP) is 4.05. The molecule has 168 valence electrons. The predicted molar refractivity (Wildman–Crippen MR) is 118 cm³/mol. The van der Waals surface area contributed by atoms with Gasteiger partial charge in [-0.05, 0) is 55.1 Å². The lowest BCUT2D eigenvalue weighted by Gasteiger charge is -2.31. The minimum absolute atomic E-state index is 0.191. The van der Waals surface area contributed by atoms with E-state index in [4.69, 9.17) is 9.47 Å². The number of ether oxygens (including phenoxy) is 2. The van der Waals surface area contributed by atoms with Gasteiger partial charge in [0.25, 0.3) is 0 Å². The number of nitrogens with zero attached hydrogens (tertiary/aromatic N) is 4. The van der Waals surface area contributed by atoms with Crippen LogP contribution in [-0.4, -0.2) is 50.7 Å². The zero-order valence-electron chi connectivity index (χ0n) is 18.1. The second-order valence-corrected chi connectivity index (χ2v) is 8.73. The Kier molecular flexibility index (Phi) is 6.09.